The zero-order chi connectivity index (χ0) is 9.84. The van der Waals surface area contributed by atoms with Crippen LogP contribution in [0.4, 0.5) is 11.4 Å². The Morgan fingerprint density at radius 2 is 1.77 bits per heavy atom. The first-order chi connectivity index (χ1) is 6.20. The van der Waals surface area contributed by atoms with E-state index < -0.39 is 0 Å². The molecule has 0 saturated carbocycles. The van der Waals surface area contributed by atoms with Crippen LogP contribution in [0.1, 0.15) is 19.4 Å². The second kappa shape index (κ2) is 4.03. The summed E-state index contributed by atoms with van der Waals surface area (Å²) in [6.07, 6.45) is 0.839. The summed E-state index contributed by atoms with van der Waals surface area (Å²) in [6.45, 7) is 4.58. The number of hydrogen-bond acceptors (Lipinski definition) is 3. The summed E-state index contributed by atoms with van der Waals surface area (Å²) in [5, 5.41) is 0. The van der Waals surface area contributed by atoms with Gasteiger partial charge in [0.15, 0.2) is 0 Å². The number of ether oxygens (including phenoxy) is 1. The maximum Gasteiger partial charge on any atom is 0.147 e. The fourth-order valence-corrected chi connectivity index (χ4v) is 1.34. The largest absolute Gasteiger partial charge is 0.491 e. The molecule has 0 heterocycles. The molecule has 0 aliphatic heterocycles. The Morgan fingerprint density at radius 1 is 1.15 bits per heavy atom. The zero-order valence-corrected chi connectivity index (χ0v) is 8.13. The van der Waals surface area contributed by atoms with E-state index in [0.717, 1.165) is 23.4 Å². The summed E-state index contributed by atoms with van der Waals surface area (Å²) in [5.41, 5.74) is 14.0. The minimum absolute atomic E-state index is 0.612. The lowest BCUT2D eigenvalue weighted by Gasteiger charge is -2.13. The van der Waals surface area contributed by atoms with Gasteiger partial charge in [-0.3, -0.25) is 0 Å². The molecular weight excluding hydrogens is 164 g/mol. The van der Waals surface area contributed by atoms with Crippen molar-refractivity contribution in [1.82, 2.24) is 0 Å². The van der Waals surface area contributed by atoms with Crippen LogP contribution in [0.5, 0.6) is 5.75 Å². The summed E-state index contributed by atoms with van der Waals surface area (Å²) in [4.78, 5) is 0. The van der Waals surface area contributed by atoms with Gasteiger partial charge < -0.3 is 16.2 Å². The van der Waals surface area contributed by atoms with Gasteiger partial charge in [0.05, 0.1) is 12.3 Å². The molecule has 0 aliphatic carbocycles. The highest BCUT2D eigenvalue weighted by Gasteiger charge is 2.08. The molecule has 0 aliphatic rings. The molecule has 4 N–H and O–H groups in total. The van der Waals surface area contributed by atoms with E-state index in [0.29, 0.717) is 12.3 Å². The molecule has 0 saturated heterocycles. The van der Waals surface area contributed by atoms with E-state index in [1.807, 2.05) is 19.9 Å². The third-order valence-corrected chi connectivity index (χ3v) is 1.97. The molecule has 13 heavy (non-hydrogen) atoms. The van der Waals surface area contributed by atoms with Gasteiger partial charge >= 0.3 is 0 Å². The normalized spacial score (nSPS) is 10.0. The second-order valence-corrected chi connectivity index (χ2v) is 2.84. The Hall–Kier alpha value is -1.38. The van der Waals surface area contributed by atoms with E-state index in [9.17, 15) is 0 Å². The molecule has 0 spiro atoms. The van der Waals surface area contributed by atoms with Crippen molar-refractivity contribution in [1.29, 1.82) is 0 Å². The number of nitrogen functional groups attached to an aromatic ring is 2. The Kier molecular flexibility index (Phi) is 3.01. The molecule has 1 aromatic rings. The first-order valence-corrected chi connectivity index (χ1v) is 4.50. The fraction of sp³-hybridized carbons (Fsp3) is 0.400. The number of nitrogens with two attached hydrogens (primary N) is 2. The first kappa shape index (κ1) is 9.71. The Morgan fingerprint density at radius 3 is 2.31 bits per heavy atom. The summed E-state index contributed by atoms with van der Waals surface area (Å²) >= 11 is 0. The summed E-state index contributed by atoms with van der Waals surface area (Å²) in [5.74, 6) is 0.741. The molecule has 0 unspecified atom stereocenters. The van der Waals surface area contributed by atoms with E-state index in [-0.39, 0.29) is 0 Å². The van der Waals surface area contributed by atoms with E-state index in [1.54, 1.807) is 6.07 Å². The highest BCUT2D eigenvalue weighted by Crippen LogP contribution is 2.31. The number of rotatable bonds is 3. The van der Waals surface area contributed by atoms with E-state index in [2.05, 4.69) is 0 Å². The molecule has 3 heteroatoms. The minimum atomic E-state index is 0.612. The van der Waals surface area contributed by atoms with Crippen LogP contribution < -0.4 is 16.2 Å². The quantitative estimate of drug-likeness (QED) is 0.697. The van der Waals surface area contributed by atoms with Gasteiger partial charge in [0.25, 0.3) is 0 Å². The molecule has 0 aromatic heterocycles. The SMILES string of the molecule is CCOc1c(N)ccc(N)c1CC. The third-order valence-electron chi connectivity index (χ3n) is 1.97. The van der Waals surface area contributed by atoms with Crippen molar-refractivity contribution in [2.24, 2.45) is 0 Å². The van der Waals surface area contributed by atoms with Crippen molar-refractivity contribution >= 4 is 11.4 Å². The summed E-state index contributed by atoms with van der Waals surface area (Å²) in [6, 6.07) is 3.59. The molecule has 3 nitrogen and oxygen atoms in total. The first-order valence-electron chi connectivity index (χ1n) is 4.50. The van der Waals surface area contributed by atoms with Crippen molar-refractivity contribution in [2.45, 2.75) is 20.3 Å². The average molecular weight is 180 g/mol. The van der Waals surface area contributed by atoms with Gasteiger partial charge in [-0.1, -0.05) is 6.92 Å². The maximum atomic E-state index is 5.80. The van der Waals surface area contributed by atoms with E-state index in [1.165, 1.54) is 0 Å². The molecule has 1 rings (SSSR count). The van der Waals surface area contributed by atoms with Crippen molar-refractivity contribution in [3.63, 3.8) is 0 Å². The van der Waals surface area contributed by atoms with Crippen LogP contribution in [-0.4, -0.2) is 6.61 Å². The molecule has 0 fully saturated rings. The van der Waals surface area contributed by atoms with Gasteiger partial charge in [0.2, 0.25) is 0 Å². The lowest BCUT2D eigenvalue weighted by atomic mass is 10.1. The monoisotopic (exact) mass is 180 g/mol. The Bertz CT molecular complexity index is 297. The summed E-state index contributed by atoms with van der Waals surface area (Å²) in [7, 11) is 0. The zero-order valence-electron chi connectivity index (χ0n) is 8.13. The average Bonchev–Trinajstić information content (AvgIpc) is 2.12. The summed E-state index contributed by atoms with van der Waals surface area (Å²) < 4.78 is 5.43. The van der Waals surface area contributed by atoms with Gasteiger partial charge in [-0.25, -0.2) is 0 Å². The van der Waals surface area contributed by atoms with Crippen molar-refractivity contribution in [3.05, 3.63) is 17.7 Å². The van der Waals surface area contributed by atoms with Crippen LogP contribution >= 0.6 is 0 Å². The van der Waals surface area contributed by atoms with E-state index >= 15 is 0 Å². The fourth-order valence-electron chi connectivity index (χ4n) is 1.34. The molecule has 0 amide bonds. The topological polar surface area (TPSA) is 61.3 Å². The van der Waals surface area contributed by atoms with Crippen molar-refractivity contribution in [2.75, 3.05) is 18.1 Å². The minimum Gasteiger partial charge on any atom is -0.491 e. The van der Waals surface area contributed by atoms with Gasteiger partial charge in [-0.05, 0) is 25.5 Å². The van der Waals surface area contributed by atoms with Gasteiger partial charge in [-0.2, -0.15) is 0 Å². The molecule has 0 bridgehead atoms. The Balaban J connectivity index is 3.18. The highest BCUT2D eigenvalue weighted by atomic mass is 16.5. The van der Waals surface area contributed by atoms with Crippen LogP contribution in [0.2, 0.25) is 0 Å². The van der Waals surface area contributed by atoms with Crippen LogP contribution in [0, 0.1) is 0 Å². The van der Waals surface area contributed by atoms with Crippen molar-refractivity contribution < 1.29 is 4.74 Å². The Labute approximate surface area is 78.7 Å². The van der Waals surface area contributed by atoms with Gasteiger partial charge in [0, 0.05) is 11.3 Å². The second-order valence-electron chi connectivity index (χ2n) is 2.84. The maximum absolute atomic E-state index is 5.80. The number of anilines is 2. The highest BCUT2D eigenvalue weighted by molar-refractivity contribution is 5.66. The van der Waals surface area contributed by atoms with Gasteiger partial charge in [-0.15, -0.1) is 0 Å². The standard InChI is InChI=1S/C10H16N2O/c1-3-7-8(11)5-6-9(12)10(7)13-4-2/h5-6H,3-4,11-12H2,1-2H3. The van der Waals surface area contributed by atoms with Gasteiger partial charge in [0.1, 0.15) is 5.75 Å². The predicted octanol–water partition coefficient (Wildman–Crippen LogP) is 1.81. The molecular formula is C10H16N2O. The predicted molar refractivity (Wildman–Crippen MR) is 55.8 cm³/mol. The van der Waals surface area contributed by atoms with E-state index in [4.69, 9.17) is 16.2 Å². The van der Waals surface area contributed by atoms with Crippen LogP contribution in [-0.2, 0) is 6.42 Å². The third kappa shape index (κ3) is 1.86. The lowest BCUT2D eigenvalue weighted by molar-refractivity contribution is 0.339. The number of hydrogen-bond donors (Lipinski definition) is 2. The molecule has 1 aromatic carbocycles. The molecule has 72 valence electrons. The van der Waals surface area contributed by atoms with Crippen molar-refractivity contribution in [3.8, 4) is 5.75 Å². The van der Waals surface area contributed by atoms with Crippen LogP contribution in [0.15, 0.2) is 12.1 Å². The molecule has 0 radical (unpaired) electrons. The number of benzene rings is 1. The lowest BCUT2D eigenvalue weighted by Crippen LogP contribution is -2.03. The van der Waals surface area contributed by atoms with Crippen LogP contribution in [0.3, 0.4) is 0 Å². The van der Waals surface area contributed by atoms with Crippen LogP contribution in [0.25, 0.3) is 0 Å². The smallest absolute Gasteiger partial charge is 0.147 e. The molecule has 0 atom stereocenters.